The zero-order valence-electron chi connectivity index (χ0n) is 6.95. The summed E-state index contributed by atoms with van der Waals surface area (Å²) in [4.78, 5) is 0. The van der Waals surface area contributed by atoms with E-state index in [-0.39, 0.29) is 0 Å². The molecule has 0 N–H and O–H groups in total. The molecule has 0 saturated heterocycles. The number of hydrogen-bond acceptors (Lipinski definition) is 0. The molecule has 0 aromatic heterocycles. The van der Waals surface area contributed by atoms with Crippen LogP contribution in [-0.4, -0.2) is 6.67 Å². The van der Waals surface area contributed by atoms with Crippen molar-refractivity contribution in [3.8, 4) is 0 Å². The van der Waals surface area contributed by atoms with E-state index in [1.165, 1.54) is 6.92 Å². The molecule has 0 spiro atoms. The van der Waals surface area contributed by atoms with Crippen LogP contribution in [0.5, 0.6) is 0 Å². The van der Waals surface area contributed by atoms with Gasteiger partial charge in [-0.2, -0.15) is 0 Å². The average Bonchev–Trinajstić information content (AvgIpc) is 2.12. The number of rotatable bonds is 2. The van der Waals surface area contributed by atoms with Crippen LogP contribution < -0.4 is 0 Å². The lowest BCUT2D eigenvalue weighted by Crippen LogP contribution is -2.05. The van der Waals surface area contributed by atoms with Gasteiger partial charge in [0.2, 0.25) is 0 Å². The summed E-state index contributed by atoms with van der Waals surface area (Å²) in [7, 11) is 0. The van der Waals surface area contributed by atoms with Gasteiger partial charge in [-0.25, -0.2) is 13.2 Å². The van der Waals surface area contributed by atoms with Gasteiger partial charge >= 0.3 is 0 Å². The summed E-state index contributed by atoms with van der Waals surface area (Å²) >= 11 is 0. The Balaban J connectivity index is 3.25. The Morgan fingerprint density at radius 2 is 1.69 bits per heavy atom. The zero-order valence-corrected chi connectivity index (χ0v) is 6.95. The Labute approximate surface area is 73.2 Å². The van der Waals surface area contributed by atoms with Gasteiger partial charge in [0.1, 0.15) is 5.82 Å². The van der Waals surface area contributed by atoms with Gasteiger partial charge in [0, 0.05) is 11.5 Å². The minimum absolute atomic E-state index is 0.525. The highest BCUT2D eigenvalue weighted by atomic mass is 19.2. The third kappa shape index (κ3) is 1.82. The molecule has 0 aliphatic rings. The molecule has 72 valence electrons. The molecule has 1 atom stereocenters. The molecule has 0 saturated carbocycles. The minimum Gasteiger partial charge on any atom is -0.250 e. The lowest BCUT2D eigenvalue weighted by molar-refractivity contribution is 0.410. The fourth-order valence-electron chi connectivity index (χ4n) is 1.07. The van der Waals surface area contributed by atoms with Gasteiger partial charge in [-0.3, -0.25) is 4.39 Å². The van der Waals surface area contributed by atoms with Crippen molar-refractivity contribution in [2.45, 2.75) is 12.8 Å². The van der Waals surface area contributed by atoms with Crippen molar-refractivity contribution in [3.63, 3.8) is 0 Å². The second-order valence-corrected chi connectivity index (χ2v) is 2.81. The van der Waals surface area contributed by atoms with Gasteiger partial charge in [-0.05, 0) is 12.1 Å². The van der Waals surface area contributed by atoms with Gasteiger partial charge in [0.05, 0.1) is 6.67 Å². The molecule has 0 aliphatic carbocycles. The van der Waals surface area contributed by atoms with E-state index >= 15 is 0 Å². The van der Waals surface area contributed by atoms with Crippen LogP contribution in [0, 0.1) is 17.5 Å². The van der Waals surface area contributed by atoms with Gasteiger partial charge in [0.25, 0.3) is 0 Å². The topological polar surface area (TPSA) is 0 Å². The molecule has 1 rings (SSSR count). The average molecular weight is 192 g/mol. The van der Waals surface area contributed by atoms with Crippen LogP contribution in [0.4, 0.5) is 17.6 Å². The highest BCUT2D eigenvalue weighted by molar-refractivity contribution is 5.24. The van der Waals surface area contributed by atoms with Crippen LogP contribution in [0.15, 0.2) is 12.1 Å². The first-order valence-electron chi connectivity index (χ1n) is 3.77. The van der Waals surface area contributed by atoms with Gasteiger partial charge in [-0.1, -0.05) is 6.92 Å². The Morgan fingerprint density at radius 3 is 2.23 bits per heavy atom. The van der Waals surface area contributed by atoms with E-state index in [2.05, 4.69) is 0 Å². The molecule has 0 nitrogen and oxygen atoms in total. The van der Waals surface area contributed by atoms with E-state index in [0.717, 1.165) is 6.07 Å². The molecule has 1 aromatic carbocycles. The van der Waals surface area contributed by atoms with Crippen molar-refractivity contribution >= 4 is 0 Å². The molecule has 1 unspecified atom stereocenters. The first-order valence-corrected chi connectivity index (χ1v) is 3.77. The monoisotopic (exact) mass is 192 g/mol. The van der Waals surface area contributed by atoms with E-state index < -0.39 is 35.6 Å². The summed E-state index contributed by atoms with van der Waals surface area (Å²) in [6.45, 7) is 0.373. The molecule has 0 bridgehead atoms. The molecule has 0 radical (unpaired) electrons. The van der Waals surface area contributed by atoms with Crippen molar-refractivity contribution in [3.05, 3.63) is 35.1 Å². The summed E-state index contributed by atoms with van der Waals surface area (Å²) in [5.41, 5.74) is -0.525. The van der Waals surface area contributed by atoms with E-state index in [4.69, 9.17) is 0 Å². The minimum atomic E-state index is -1.30. The lowest BCUT2D eigenvalue weighted by atomic mass is 10.0. The van der Waals surface area contributed by atoms with Crippen molar-refractivity contribution < 1.29 is 17.6 Å². The number of hydrogen-bond donors (Lipinski definition) is 0. The second kappa shape index (κ2) is 3.77. The predicted molar refractivity (Wildman–Crippen MR) is 40.7 cm³/mol. The summed E-state index contributed by atoms with van der Waals surface area (Å²) in [5.74, 6) is -4.33. The normalized spacial score (nSPS) is 13.0. The maximum atomic E-state index is 12.9. The van der Waals surface area contributed by atoms with Crippen LogP contribution in [0.3, 0.4) is 0 Å². The van der Waals surface area contributed by atoms with Gasteiger partial charge in [-0.15, -0.1) is 0 Å². The Bertz CT molecular complexity index is 309. The quantitative estimate of drug-likeness (QED) is 0.498. The van der Waals surface area contributed by atoms with Crippen LogP contribution in [0.2, 0.25) is 0 Å². The molecular weight excluding hydrogens is 184 g/mol. The molecule has 1 aromatic rings. The molecule has 0 fully saturated rings. The fraction of sp³-hybridized carbons (Fsp3) is 0.333. The molecule has 4 heteroatoms. The van der Waals surface area contributed by atoms with E-state index in [1.54, 1.807) is 0 Å². The molecule has 0 amide bonds. The van der Waals surface area contributed by atoms with Crippen molar-refractivity contribution in [1.29, 1.82) is 0 Å². The molecule has 0 heterocycles. The van der Waals surface area contributed by atoms with Crippen LogP contribution in [0.1, 0.15) is 18.4 Å². The molecule has 0 aliphatic heterocycles. The van der Waals surface area contributed by atoms with Crippen LogP contribution in [0.25, 0.3) is 0 Å². The Hall–Kier alpha value is -1.06. The highest BCUT2D eigenvalue weighted by Crippen LogP contribution is 2.24. The zero-order chi connectivity index (χ0) is 10.0. The fourth-order valence-corrected chi connectivity index (χ4v) is 1.07. The number of halogens is 4. The van der Waals surface area contributed by atoms with Gasteiger partial charge in [0.15, 0.2) is 11.6 Å². The molecule has 13 heavy (non-hydrogen) atoms. The Morgan fingerprint density at radius 1 is 1.15 bits per heavy atom. The number of benzene rings is 1. The highest BCUT2D eigenvalue weighted by Gasteiger charge is 2.19. The van der Waals surface area contributed by atoms with Gasteiger partial charge < -0.3 is 0 Å². The van der Waals surface area contributed by atoms with Crippen molar-refractivity contribution in [2.75, 3.05) is 6.67 Å². The van der Waals surface area contributed by atoms with Crippen LogP contribution >= 0.6 is 0 Å². The second-order valence-electron chi connectivity index (χ2n) is 2.81. The Kier molecular flexibility index (Phi) is 2.90. The van der Waals surface area contributed by atoms with Crippen molar-refractivity contribution in [1.82, 2.24) is 0 Å². The number of alkyl halides is 1. The lowest BCUT2D eigenvalue weighted by Gasteiger charge is -2.09. The summed E-state index contributed by atoms with van der Waals surface area (Å²) in [5, 5.41) is 0. The van der Waals surface area contributed by atoms with E-state index in [0.29, 0.717) is 6.07 Å². The standard InChI is InChI=1S/C9H8F4/c1-5(4-10)8-6(11)2-3-7(12)9(8)13/h2-3,5H,4H2,1H3. The first-order chi connectivity index (χ1) is 6.07. The van der Waals surface area contributed by atoms with Crippen LogP contribution in [-0.2, 0) is 0 Å². The predicted octanol–water partition coefficient (Wildman–Crippen LogP) is 3.18. The summed E-state index contributed by atoms with van der Waals surface area (Å²) < 4.78 is 50.5. The summed E-state index contributed by atoms with van der Waals surface area (Å²) in [6, 6.07) is 1.47. The molecular formula is C9H8F4. The first kappa shape index (κ1) is 10.0. The van der Waals surface area contributed by atoms with Crippen molar-refractivity contribution in [2.24, 2.45) is 0 Å². The maximum Gasteiger partial charge on any atom is 0.165 e. The summed E-state index contributed by atoms with van der Waals surface area (Å²) in [6.07, 6.45) is 0. The smallest absolute Gasteiger partial charge is 0.165 e. The third-order valence-electron chi connectivity index (χ3n) is 1.80. The largest absolute Gasteiger partial charge is 0.250 e. The SMILES string of the molecule is CC(CF)c1c(F)ccc(F)c1F. The maximum absolute atomic E-state index is 12.9. The van der Waals surface area contributed by atoms with E-state index in [1.807, 2.05) is 0 Å². The third-order valence-corrected chi connectivity index (χ3v) is 1.80. The van der Waals surface area contributed by atoms with E-state index in [9.17, 15) is 17.6 Å².